The molecule has 3 aromatic heterocycles. The molecule has 3 heterocycles. The molecule has 14 heavy (non-hydrogen) atoms. The lowest BCUT2D eigenvalue weighted by molar-refractivity contribution is 0.541. The Morgan fingerprint density at radius 1 is 1.29 bits per heavy atom. The van der Waals surface area contributed by atoms with Crippen LogP contribution in [0.2, 0.25) is 0 Å². The Kier molecular flexibility index (Phi) is 1.38. The Bertz CT molecular complexity index is 555. The molecule has 5 nitrogen and oxygen atoms in total. The monoisotopic (exact) mass is 186 g/mol. The van der Waals surface area contributed by atoms with Crippen molar-refractivity contribution in [1.29, 1.82) is 0 Å². The largest absolute Gasteiger partial charge is 0.448 e. The first-order valence-electron chi connectivity index (χ1n) is 4.12. The number of nitrogens with zero attached hydrogens (tertiary/aromatic N) is 4. The predicted molar refractivity (Wildman–Crippen MR) is 48.9 cm³/mol. The zero-order valence-corrected chi connectivity index (χ0v) is 7.16. The highest BCUT2D eigenvalue weighted by atomic mass is 16.3. The first-order valence-corrected chi connectivity index (χ1v) is 4.12. The second-order valence-corrected chi connectivity index (χ2v) is 2.80. The van der Waals surface area contributed by atoms with Gasteiger partial charge < -0.3 is 4.42 Å². The molecule has 0 aliphatic rings. The van der Waals surface area contributed by atoms with Crippen LogP contribution < -0.4 is 0 Å². The average Bonchev–Trinajstić information content (AvgIpc) is 2.85. The maximum Gasteiger partial charge on any atom is 0.206 e. The molecule has 0 saturated heterocycles. The molecule has 0 saturated carbocycles. The summed E-state index contributed by atoms with van der Waals surface area (Å²) < 4.78 is 7.02. The van der Waals surface area contributed by atoms with Gasteiger partial charge >= 0.3 is 0 Å². The van der Waals surface area contributed by atoms with Crippen molar-refractivity contribution in [2.24, 2.45) is 0 Å². The number of furan rings is 1. The van der Waals surface area contributed by atoms with Crippen LogP contribution in [-0.2, 0) is 0 Å². The minimum atomic E-state index is 0.700. The summed E-state index contributed by atoms with van der Waals surface area (Å²) in [6.07, 6.45) is 6.44. The molecule has 0 aliphatic carbocycles. The van der Waals surface area contributed by atoms with Crippen molar-refractivity contribution in [2.75, 3.05) is 0 Å². The Balaban J connectivity index is 2.33. The SMILES string of the molecule is c1coc(-n2cnc3cncnc32)c1. The number of hydrogen-bond donors (Lipinski definition) is 0. The molecule has 0 fully saturated rings. The van der Waals surface area contributed by atoms with Crippen LogP contribution in [-0.4, -0.2) is 19.5 Å². The summed E-state index contributed by atoms with van der Waals surface area (Å²) in [7, 11) is 0. The van der Waals surface area contributed by atoms with Crippen LogP contribution in [0.3, 0.4) is 0 Å². The maximum absolute atomic E-state index is 5.25. The molecule has 0 bridgehead atoms. The van der Waals surface area contributed by atoms with E-state index in [2.05, 4.69) is 15.0 Å². The van der Waals surface area contributed by atoms with Crippen LogP contribution in [0.4, 0.5) is 0 Å². The van der Waals surface area contributed by atoms with Gasteiger partial charge in [0.05, 0.1) is 12.5 Å². The van der Waals surface area contributed by atoms with Gasteiger partial charge in [0, 0.05) is 6.07 Å². The number of fused-ring (bicyclic) bond motifs is 1. The lowest BCUT2D eigenvalue weighted by atomic mass is 10.5. The van der Waals surface area contributed by atoms with Crippen molar-refractivity contribution < 1.29 is 4.42 Å². The van der Waals surface area contributed by atoms with Crippen molar-refractivity contribution >= 4 is 11.2 Å². The van der Waals surface area contributed by atoms with Gasteiger partial charge in [0.1, 0.15) is 18.2 Å². The van der Waals surface area contributed by atoms with Crippen molar-refractivity contribution in [3.8, 4) is 5.88 Å². The third-order valence-corrected chi connectivity index (χ3v) is 1.96. The normalized spacial score (nSPS) is 10.9. The van der Waals surface area contributed by atoms with E-state index in [1.54, 1.807) is 23.4 Å². The molecule has 0 radical (unpaired) electrons. The molecule has 0 unspecified atom stereocenters. The van der Waals surface area contributed by atoms with Crippen LogP contribution in [0.5, 0.6) is 0 Å². The molecule has 0 N–H and O–H groups in total. The molecule has 68 valence electrons. The molecule has 5 heteroatoms. The fourth-order valence-electron chi connectivity index (χ4n) is 1.34. The topological polar surface area (TPSA) is 56.7 Å². The molecule has 0 spiro atoms. The number of rotatable bonds is 1. The predicted octanol–water partition coefficient (Wildman–Crippen LogP) is 1.41. The molecule has 0 aliphatic heterocycles. The highest BCUT2D eigenvalue weighted by Crippen LogP contribution is 2.14. The minimum Gasteiger partial charge on any atom is -0.448 e. The van der Waals surface area contributed by atoms with E-state index in [0.717, 1.165) is 11.2 Å². The van der Waals surface area contributed by atoms with E-state index < -0.39 is 0 Å². The Morgan fingerprint density at radius 2 is 2.29 bits per heavy atom. The van der Waals surface area contributed by atoms with Gasteiger partial charge in [0.15, 0.2) is 5.65 Å². The van der Waals surface area contributed by atoms with E-state index in [1.807, 2.05) is 12.1 Å². The number of hydrogen-bond acceptors (Lipinski definition) is 4. The van der Waals surface area contributed by atoms with Crippen molar-refractivity contribution in [3.05, 3.63) is 37.2 Å². The zero-order valence-electron chi connectivity index (χ0n) is 7.16. The van der Waals surface area contributed by atoms with Crippen LogP contribution in [0.15, 0.2) is 41.7 Å². The molecule has 0 aromatic carbocycles. The van der Waals surface area contributed by atoms with E-state index in [9.17, 15) is 0 Å². The van der Waals surface area contributed by atoms with Crippen molar-refractivity contribution in [2.45, 2.75) is 0 Å². The van der Waals surface area contributed by atoms with Crippen molar-refractivity contribution in [1.82, 2.24) is 19.5 Å². The van der Waals surface area contributed by atoms with Gasteiger partial charge in [0.25, 0.3) is 0 Å². The standard InChI is InChI=1S/C9H6N4O/c1-2-8(14-3-1)13-6-12-7-4-10-5-11-9(7)13/h1-6H. The summed E-state index contributed by atoms with van der Waals surface area (Å²) in [5.41, 5.74) is 1.50. The summed E-state index contributed by atoms with van der Waals surface area (Å²) in [6, 6.07) is 3.67. The molecule has 3 rings (SSSR count). The van der Waals surface area contributed by atoms with Crippen LogP contribution >= 0.6 is 0 Å². The zero-order chi connectivity index (χ0) is 9.38. The minimum absolute atomic E-state index is 0.700. The second kappa shape index (κ2) is 2.66. The van der Waals surface area contributed by atoms with Crippen LogP contribution in [0.25, 0.3) is 17.0 Å². The molecule has 0 atom stereocenters. The van der Waals surface area contributed by atoms with Gasteiger partial charge in [-0.3, -0.25) is 4.57 Å². The number of aromatic nitrogens is 4. The highest BCUT2D eigenvalue weighted by Gasteiger charge is 2.06. The summed E-state index contributed by atoms with van der Waals surface area (Å²) >= 11 is 0. The highest BCUT2D eigenvalue weighted by molar-refractivity contribution is 5.70. The van der Waals surface area contributed by atoms with Gasteiger partial charge in [-0.25, -0.2) is 15.0 Å². The van der Waals surface area contributed by atoms with Gasteiger partial charge in [-0.15, -0.1) is 0 Å². The summed E-state index contributed by atoms with van der Waals surface area (Å²) in [6.45, 7) is 0. The average molecular weight is 186 g/mol. The Labute approximate surface area is 79.0 Å². The van der Waals surface area contributed by atoms with Crippen molar-refractivity contribution in [3.63, 3.8) is 0 Å². The molecular weight excluding hydrogens is 180 g/mol. The van der Waals surface area contributed by atoms with E-state index >= 15 is 0 Å². The first kappa shape index (κ1) is 7.25. The van der Waals surface area contributed by atoms with Gasteiger partial charge in [0.2, 0.25) is 5.88 Å². The fraction of sp³-hybridized carbons (Fsp3) is 0. The third kappa shape index (κ3) is 0.922. The van der Waals surface area contributed by atoms with E-state index in [1.165, 1.54) is 6.33 Å². The quantitative estimate of drug-likeness (QED) is 0.576. The smallest absolute Gasteiger partial charge is 0.206 e. The Hall–Kier alpha value is -2.17. The fourth-order valence-corrected chi connectivity index (χ4v) is 1.34. The number of imidazole rings is 1. The molecule has 3 aromatic rings. The maximum atomic E-state index is 5.25. The first-order chi connectivity index (χ1) is 6.95. The lowest BCUT2D eigenvalue weighted by Crippen LogP contribution is -1.91. The third-order valence-electron chi connectivity index (χ3n) is 1.96. The van der Waals surface area contributed by atoms with Crippen LogP contribution in [0, 0.1) is 0 Å². The molecule has 0 amide bonds. The van der Waals surface area contributed by atoms with E-state index in [0.29, 0.717) is 5.88 Å². The summed E-state index contributed by atoms with van der Waals surface area (Å²) in [4.78, 5) is 12.2. The second-order valence-electron chi connectivity index (χ2n) is 2.80. The lowest BCUT2D eigenvalue weighted by Gasteiger charge is -1.96. The molecular formula is C9H6N4O. The van der Waals surface area contributed by atoms with Gasteiger partial charge in [-0.2, -0.15) is 0 Å². The summed E-state index contributed by atoms with van der Waals surface area (Å²) in [5, 5.41) is 0. The summed E-state index contributed by atoms with van der Waals surface area (Å²) in [5.74, 6) is 0.700. The van der Waals surface area contributed by atoms with E-state index in [4.69, 9.17) is 4.42 Å². The van der Waals surface area contributed by atoms with E-state index in [-0.39, 0.29) is 0 Å². The van der Waals surface area contributed by atoms with Gasteiger partial charge in [-0.05, 0) is 6.07 Å². The van der Waals surface area contributed by atoms with Gasteiger partial charge in [-0.1, -0.05) is 0 Å². The Morgan fingerprint density at radius 3 is 3.14 bits per heavy atom. The van der Waals surface area contributed by atoms with Crippen LogP contribution in [0.1, 0.15) is 0 Å².